The standard InChI is InChI=1S/C18H27N3O4/c1-24-17-12-15(2-3-16(17)19-13-22)20-6-4-14(5-7-20)18(23)21-8-10-25-11-9-21/h2-3,12-14,18,23H,4-11H2,1H3,(H,19,22). The van der Waals surface area contributed by atoms with Crippen molar-refractivity contribution in [3.05, 3.63) is 18.2 Å². The highest BCUT2D eigenvalue weighted by Gasteiger charge is 2.30. The molecule has 2 fully saturated rings. The van der Waals surface area contributed by atoms with Crippen molar-refractivity contribution in [2.24, 2.45) is 5.92 Å². The Morgan fingerprint density at radius 3 is 2.64 bits per heavy atom. The van der Waals surface area contributed by atoms with Crippen molar-refractivity contribution in [2.45, 2.75) is 19.1 Å². The molecule has 1 aromatic rings. The molecular formula is C18H27N3O4. The number of morpholine rings is 1. The number of piperidine rings is 1. The second-order valence-corrected chi connectivity index (χ2v) is 6.53. The SMILES string of the molecule is COc1cc(N2CCC(C(O)N3CCOCC3)CC2)ccc1NC=O. The lowest BCUT2D eigenvalue weighted by Gasteiger charge is -2.40. The van der Waals surface area contributed by atoms with Crippen LogP contribution in [-0.2, 0) is 9.53 Å². The van der Waals surface area contributed by atoms with Crippen LogP contribution < -0.4 is 15.0 Å². The highest BCUT2D eigenvalue weighted by atomic mass is 16.5. The first kappa shape index (κ1) is 18.0. The molecule has 1 aromatic carbocycles. The number of nitrogens with one attached hydrogen (secondary N) is 1. The molecule has 2 saturated heterocycles. The van der Waals surface area contributed by atoms with E-state index in [0.717, 1.165) is 44.7 Å². The zero-order chi connectivity index (χ0) is 17.6. The Balaban J connectivity index is 1.59. The zero-order valence-corrected chi connectivity index (χ0v) is 14.7. The van der Waals surface area contributed by atoms with Crippen molar-refractivity contribution in [1.29, 1.82) is 0 Å². The van der Waals surface area contributed by atoms with E-state index in [1.54, 1.807) is 7.11 Å². The number of amides is 1. The second kappa shape index (κ2) is 8.51. The molecule has 3 rings (SSSR count). The van der Waals surface area contributed by atoms with E-state index >= 15 is 0 Å². The molecule has 7 heteroatoms. The third-order valence-electron chi connectivity index (χ3n) is 5.15. The minimum absolute atomic E-state index is 0.298. The number of hydrogen-bond donors (Lipinski definition) is 2. The number of carbonyl (C=O) groups is 1. The molecule has 2 aliphatic heterocycles. The summed E-state index contributed by atoms with van der Waals surface area (Å²) in [6.07, 6.45) is 2.18. The summed E-state index contributed by atoms with van der Waals surface area (Å²) in [5, 5.41) is 13.3. The maximum atomic E-state index is 10.6. The van der Waals surface area contributed by atoms with Gasteiger partial charge in [0.15, 0.2) is 0 Å². The lowest BCUT2D eigenvalue weighted by atomic mass is 9.93. The van der Waals surface area contributed by atoms with E-state index in [9.17, 15) is 9.90 Å². The van der Waals surface area contributed by atoms with E-state index in [2.05, 4.69) is 15.1 Å². The molecule has 2 heterocycles. The predicted octanol–water partition coefficient (Wildman–Crippen LogP) is 1.13. The van der Waals surface area contributed by atoms with Gasteiger partial charge < -0.3 is 24.8 Å². The molecule has 1 atom stereocenters. The van der Waals surface area contributed by atoms with Gasteiger partial charge in [-0.05, 0) is 25.0 Å². The number of aliphatic hydroxyl groups excluding tert-OH is 1. The van der Waals surface area contributed by atoms with Crippen molar-refractivity contribution in [3.8, 4) is 5.75 Å². The van der Waals surface area contributed by atoms with Crippen LogP contribution in [0.25, 0.3) is 0 Å². The average molecular weight is 349 g/mol. The van der Waals surface area contributed by atoms with E-state index in [4.69, 9.17) is 9.47 Å². The minimum atomic E-state index is -0.375. The fourth-order valence-corrected chi connectivity index (χ4v) is 3.66. The Kier molecular flexibility index (Phi) is 6.12. The zero-order valence-electron chi connectivity index (χ0n) is 14.7. The minimum Gasteiger partial charge on any atom is -0.494 e. The molecule has 0 spiro atoms. The summed E-state index contributed by atoms with van der Waals surface area (Å²) in [7, 11) is 1.60. The monoisotopic (exact) mass is 349 g/mol. The van der Waals surface area contributed by atoms with Crippen LogP contribution in [0.3, 0.4) is 0 Å². The van der Waals surface area contributed by atoms with Crippen LogP contribution >= 0.6 is 0 Å². The molecule has 0 aliphatic carbocycles. The number of carbonyl (C=O) groups excluding carboxylic acids is 1. The third kappa shape index (κ3) is 4.23. The van der Waals surface area contributed by atoms with Crippen LogP contribution in [0, 0.1) is 5.92 Å². The molecule has 0 bridgehead atoms. The number of ether oxygens (including phenoxy) is 2. The highest BCUT2D eigenvalue weighted by Crippen LogP contribution is 2.32. The fraction of sp³-hybridized carbons (Fsp3) is 0.611. The smallest absolute Gasteiger partial charge is 0.211 e. The van der Waals surface area contributed by atoms with Crippen LogP contribution in [0.15, 0.2) is 18.2 Å². The summed E-state index contributed by atoms with van der Waals surface area (Å²) < 4.78 is 10.7. The summed E-state index contributed by atoms with van der Waals surface area (Å²) in [6, 6.07) is 5.80. The number of nitrogens with zero attached hydrogens (tertiary/aromatic N) is 2. The molecule has 0 saturated carbocycles. The van der Waals surface area contributed by atoms with Gasteiger partial charge in [0.05, 0.1) is 26.0 Å². The Morgan fingerprint density at radius 1 is 1.28 bits per heavy atom. The van der Waals surface area contributed by atoms with Gasteiger partial charge in [0.1, 0.15) is 12.0 Å². The van der Waals surface area contributed by atoms with Crippen molar-refractivity contribution in [3.63, 3.8) is 0 Å². The number of methoxy groups -OCH3 is 1. The Bertz CT molecular complexity index is 569. The van der Waals surface area contributed by atoms with Gasteiger partial charge in [0.25, 0.3) is 0 Å². The second-order valence-electron chi connectivity index (χ2n) is 6.53. The third-order valence-corrected chi connectivity index (χ3v) is 5.15. The van der Waals surface area contributed by atoms with Gasteiger partial charge in [-0.2, -0.15) is 0 Å². The number of hydrogen-bond acceptors (Lipinski definition) is 6. The normalized spacial score (nSPS) is 21.0. The predicted molar refractivity (Wildman–Crippen MR) is 96.0 cm³/mol. The van der Waals surface area contributed by atoms with Crippen LogP contribution in [0.4, 0.5) is 11.4 Å². The van der Waals surface area contributed by atoms with Gasteiger partial charge >= 0.3 is 0 Å². The number of benzene rings is 1. The van der Waals surface area contributed by atoms with Crippen LogP contribution in [-0.4, -0.2) is 69.1 Å². The van der Waals surface area contributed by atoms with Gasteiger partial charge in [-0.1, -0.05) is 0 Å². The molecule has 0 radical (unpaired) electrons. The summed E-state index contributed by atoms with van der Waals surface area (Å²) in [4.78, 5) is 15.1. The van der Waals surface area contributed by atoms with Gasteiger partial charge in [-0.25, -0.2) is 0 Å². The summed E-state index contributed by atoms with van der Waals surface area (Å²) in [5.74, 6) is 0.951. The van der Waals surface area contributed by atoms with Gasteiger partial charge in [0, 0.05) is 43.9 Å². The van der Waals surface area contributed by atoms with Gasteiger partial charge in [-0.15, -0.1) is 0 Å². The number of anilines is 2. The Morgan fingerprint density at radius 2 is 2.00 bits per heavy atom. The fourth-order valence-electron chi connectivity index (χ4n) is 3.66. The van der Waals surface area contributed by atoms with E-state index in [1.807, 2.05) is 18.2 Å². The van der Waals surface area contributed by atoms with Crippen LogP contribution in [0.2, 0.25) is 0 Å². The van der Waals surface area contributed by atoms with E-state index in [0.29, 0.717) is 37.0 Å². The van der Waals surface area contributed by atoms with Gasteiger partial charge in [-0.3, -0.25) is 9.69 Å². The molecule has 0 aromatic heterocycles. The Labute approximate surface area is 148 Å². The first-order valence-corrected chi connectivity index (χ1v) is 8.86. The van der Waals surface area contributed by atoms with Gasteiger partial charge in [0.2, 0.25) is 6.41 Å². The molecule has 25 heavy (non-hydrogen) atoms. The highest BCUT2D eigenvalue weighted by molar-refractivity contribution is 5.77. The van der Waals surface area contributed by atoms with Crippen LogP contribution in [0.5, 0.6) is 5.75 Å². The van der Waals surface area contributed by atoms with E-state index in [-0.39, 0.29) is 6.23 Å². The molecule has 1 unspecified atom stereocenters. The lowest BCUT2D eigenvalue weighted by molar-refractivity contribution is -0.105. The Hall–Kier alpha value is -1.83. The molecule has 2 aliphatic rings. The largest absolute Gasteiger partial charge is 0.494 e. The number of aliphatic hydroxyl groups is 1. The quantitative estimate of drug-likeness (QED) is 0.750. The van der Waals surface area contributed by atoms with Crippen molar-refractivity contribution in [2.75, 3.05) is 56.7 Å². The maximum Gasteiger partial charge on any atom is 0.211 e. The summed E-state index contributed by atoms with van der Waals surface area (Å²) in [5.41, 5.74) is 1.74. The van der Waals surface area contributed by atoms with E-state index < -0.39 is 0 Å². The number of rotatable bonds is 6. The maximum absolute atomic E-state index is 10.6. The van der Waals surface area contributed by atoms with Crippen molar-refractivity contribution < 1.29 is 19.4 Å². The average Bonchev–Trinajstić information content (AvgIpc) is 2.69. The molecular weight excluding hydrogens is 322 g/mol. The van der Waals surface area contributed by atoms with Crippen molar-refractivity contribution in [1.82, 2.24) is 4.90 Å². The topological polar surface area (TPSA) is 74.3 Å². The summed E-state index contributed by atoms with van der Waals surface area (Å²) >= 11 is 0. The summed E-state index contributed by atoms with van der Waals surface area (Å²) in [6.45, 7) is 4.83. The van der Waals surface area contributed by atoms with Crippen molar-refractivity contribution >= 4 is 17.8 Å². The lowest BCUT2D eigenvalue weighted by Crippen LogP contribution is -2.49. The molecule has 7 nitrogen and oxygen atoms in total. The van der Waals surface area contributed by atoms with Crippen LogP contribution in [0.1, 0.15) is 12.8 Å². The molecule has 2 N–H and O–H groups in total. The first-order valence-electron chi connectivity index (χ1n) is 8.86. The molecule has 1 amide bonds. The van der Waals surface area contributed by atoms with E-state index in [1.165, 1.54) is 0 Å². The molecule has 138 valence electrons. The first-order chi connectivity index (χ1) is 12.2.